The van der Waals surface area contributed by atoms with E-state index in [1.54, 1.807) is 0 Å². The van der Waals surface area contributed by atoms with Gasteiger partial charge in [-0.15, -0.1) is 0 Å². The zero-order valence-electron chi connectivity index (χ0n) is 15.5. The topological polar surface area (TPSA) is 195 Å². The summed E-state index contributed by atoms with van der Waals surface area (Å²) in [7, 11) is 0. The second-order valence-electron chi connectivity index (χ2n) is 5.58. The van der Waals surface area contributed by atoms with Crippen LogP contribution in [0, 0.1) is 0 Å². The van der Waals surface area contributed by atoms with Crippen molar-refractivity contribution in [2.45, 2.75) is 51.5 Å². The van der Waals surface area contributed by atoms with Gasteiger partial charge in [0, 0.05) is 30.6 Å². The predicted molar refractivity (Wildman–Crippen MR) is 89.3 cm³/mol. The minimum Gasteiger partial charge on any atom is -0.456 e. The normalized spacial score (nSPS) is 24.7. The van der Waals surface area contributed by atoms with E-state index in [0.29, 0.717) is 0 Å². The van der Waals surface area contributed by atoms with Gasteiger partial charge in [-0.2, -0.15) is 0 Å². The number of azide groups is 2. The lowest BCUT2D eigenvalue weighted by Gasteiger charge is -2.41. The summed E-state index contributed by atoms with van der Waals surface area (Å²) in [5.74, 6) is -2.10. The fourth-order valence-corrected chi connectivity index (χ4v) is 2.41. The second-order valence-corrected chi connectivity index (χ2v) is 5.58. The van der Waals surface area contributed by atoms with Crippen molar-refractivity contribution in [1.82, 2.24) is 0 Å². The van der Waals surface area contributed by atoms with Crippen LogP contribution in [0.15, 0.2) is 10.2 Å². The van der Waals surface area contributed by atoms with Crippen LogP contribution >= 0.6 is 0 Å². The maximum absolute atomic E-state index is 11.5. The van der Waals surface area contributed by atoms with Gasteiger partial charge in [0.05, 0.1) is 25.8 Å². The van der Waals surface area contributed by atoms with E-state index in [2.05, 4.69) is 20.1 Å². The number of carbonyl (C=O) groups excluding carboxylic acids is 3. The summed E-state index contributed by atoms with van der Waals surface area (Å²) in [5.41, 5.74) is 16.9. The van der Waals surface area contributed by atoms with Crippen LogP contribution in [-0.4, -0.2) is 68.3 Å². The van der Waals surface area contributed by atoms with Gasteiger partial charge >= 0.3 is 17.9 Å². The minimum atomic E-state index is -1.29. The first kappa shape index (κ1) is 23.0. The van der Waals surface area contributed by atoms with E-state index >= 15 is 0 Å². The molecule has 14 nitrogen and oxygen atoms in total. The summed E-state index contributed by atoms with van der Waals surface area (Å²) in [6, 6.07) is 0. The third-order valence-electron chi connectivity index (χ3n) is 3.33. The standard InChI is InChI=1S/C14H20N6O8/c1-7(21)25-11-6-24-14(28-10(4-17-19-15)5-18-20-16)13(27-9(3)23)12(11)26-8(2)22/h10-14H,4-6H2,1-3H3/t11-,12-,13-,14+/m1/s1. The first-order valence-corrected chi connectivity index (χ1v) is 8.08. The Morgan fingerprint density at radius 1 is 0.964 bits per heavy atom. The number of carbonyl (C=O) groups is 3. The van der Waals surface area contributed by atoms with Crippen LogP contribution in [0.2, 0.25) is 0 Å². The van der Waals surface area contributed by atoms with Crippen LogP contribution in [0.5, 0.6) is 0 Å². The molecule has 0 aromatic rings. The van der Waals surface area contributed by atoms with Crippen LogP contribution in [0.1, 0.15) is 20.8 Å². The molecule has 1 aliphatic heterocycles. The molecule has 154 valence electrons. The summed E-state index contributed by atoms with van der Waals surface area (Å²) in [4.78, 5) is 39.5. The molecule has 1 saturated heterocycles. The summed E-state index contributed by atoms with van der Waals surface area (Å²) >= 11 is 0. The fraction of sp³-hybridized carbons (Fsp3) is 0.786. The van der Waals surface area contributed by atoms with Crippen molar-refractivity contribution in [3.05, 3.63) is 20.9 Å². The molecule has 1 heterocycles. The lowest BCUT2D eigenvalue weighted by Crippen LogP contribution is -2.58. The molecule has 0 saturated carbocycles. The number of rotatable bonds is 9. The van der Waals surface area contributed by atoms with Gasteiger partial charge in [0.2, 0.25) is 0 Å². The van der Waals surface area contributed by atoms with E-state index in [1.807, 2.05) is 0 Å². The SMILES string of the molecule is CC(=O)O[C@H]1[C@H](OC(CN=[N+]=[N-])CN=[N+]=[N-])OC[C@@H](OC(C)=O)[C@H]1OC(C)=O. The monoisotopic (exact) mass is 400 g/mol. The number of nitrogens with zero attached hydrogens (tertiary/aromatic N) is 6. The Balaban J connectivity index is 3.10. The Kier molecular flexibility index (Phi) is 9.54. The van der Waals surface area contributed by atoms with Crippen molar-refractivity contribution in [1.29, 1.82) is 0 Å². The fourth-order valence-electron chi connectivity index (χ4n) is 2.41. The third-order valence-corrected chi connectivity index (χ3v) is 3.33. The van der Waals surface area contributed by atoms with Crippen molar-refractivity contribution >= 4 is 17.9 Å². The second kappa shape index (κ2) is 11.6. The van der Waals surface area contributed by atoms with E-state index in [1.165, 1.54) is 0 Å². The van der Waals surface area contributed by atoms with Gasteiger partial charge in [0.25, 0.3) is 0 Å². The smallest absolute Gasteiger partial charge is 0.303 e. The van der Waals surface area contributed by atoms with E-state index in [4.69, 9.17) is 34.7 Å². The molecule has 4 atom stereocenters. The molecule has 0 spiro atoms. The van der Waals surface area contributed by atoms with Crippen molar-refractivity contribution < 1.29 is 38.1 Å². The van der Waals surface area contributed by atoms with Gasteiger partial charge in [0.1, 0.15) is 0 Å². The van der Waals surface area contributed by atoms with Crippen LogP contribution in [0.4, 0.5) is 0 Å². The summed E-state index contributed by atoms with van der Waals surface area (Å²) in [5, 5.41) is 6.70. The molecular formula is C14H20N6O8. The number of hydrogen-bond donors (Lipinski definition) is 0. The molecule has 0 unspecified atom stereocenters. The zero-order valence-corrected chi connectivity index (χ0v) is 15.5. The highest BCUT2D eigenvalue weighted by Gasteiger charge is 2.48. The van der Waals surface area contributed by atoms with Gasteiger partial charge in [-0.1, -0.05) is 10.2 Å². The highest BCUT2D eigenvalue weighted by Crippen LogP contribution is 2.26. The summed E-state index contributed by atoms with van der Waals surface area (Å²) < 4.78 is 26.5. The number of ether oxygens (including phenoxy) is 5. The Morgan fingerprint density at radius 2 is 1.46 bits per heavy atom. The largest absolute Gasteiger partial charge is 0.456 e. The number of hydrogen-bond acceptors (Lipinski definition) is 10. The minimum absolute atomic E-state index is 0.201. The number of esters is 3. The molecule has 0 aliphatic carbocycles. The van der Waals surface area contributed by atoms with E-state index in [0.717, 1.165) is 20.8 Å². The van der Waals surface area contributed by atoms with Crippen LogP contribution < -0.4 is 0 Å². The van der Waals surface area contributed by atoms with Gasteiger partial charge in [-0.25, -0.2) is 0 Å². The molecule has 1 fully saturated rings. The third kappa shape index (κ3) is 7.68. The van der Waals surface area contributed by atoms with Crippen LogP contribution in [0.25, 0.3) is 20.9 Å². The van der Waals surface area contributed by atoms with Gasteiger partial charge in [0.15, 0.2) is 24.6 Å². The maximum Gasteiger partial charge on any atom is 0.303 e. The van der Waals surface area contributed by atoms with Gasteiger partial charge in [-0.3, -0.25) is 14.4 Å². The predicted octanol–water partition coefficient (Wildman–Crippen LogP) is 1.14. The van der Waals surface area contributed by atoms with Crippen LogP contribution in [-0.2, 0) is 38.1 Å². The average molecular weight is 400 g/mol. The molecule has 0 N–H and O–H groups in total. The van der Waals surface area contributed by atoms with Crippen molar-refractivity contribution in [3.63, 3.8) is 0 Å². The average Bonchev–Trinajstić information content (AvgIpc) is 2.60. The molecule has 28 heavy (non-hydrogen) atoms. The molecule has 1 rings (SSSR count). The highest BCUT2D eigenvalue weighted by molar-refractivity contribution is 5.68. The quantitative estimate of drug-likeness (QED) is 0.180. The van der Waals surface area contributed by atoms with E-state index < -0.39 is 48.6 Å². The summed E-state index contributed by atoms with van der Waals surface area (Å²) in [6.07, 6.45) is -5.72. The van der Waals surface area contributed by atoms with E-state index in [-0.39, 0.29) is 19.7 Å². The van der Waals surface area contributed by atoms with Gasteiger partial charge in [-0.05, 0) is 11.1 Å². The highest BCUT2D eigenvalue weighted by atomic mass is 16.7. The molecule has 1 aliphatic rings. The Bertz CT molecular complexity index is 655. The van der Waals surface area contributed by atoms with Crippen molar-refractivity contribution in [3.8, 4) is 0 Å². The van der Waals surface area contributed by atoms with Crippen molar-refractivity contribution in [2.75, 3.05) is 19.7 Å². The lowest BCUT2D eigenvalue weighted by atomic mass is 10.0. The molecule has 0 aromatic heterocycles. The summed E-state index contributed by atoms with van der Waals surface area (Å²) in [6.45, 7) is 2.78. The molecule has 0 aromatic carbocycles. The maximum atomic E-state index is 11.5. The molecule has 0 bridgehead atoms. The molecule has 0 radical (unpaired) electrons. The Morgan fingerprint density at radius 3 is 1.93 bits per heavy atom. The Hall–Kier alpha value is -3.05. The van der Waals surface area contributed by atoms with Gasteiger partial charge < -0.3 is 23.7 Å². The van der Waals surface area contributed by atoms with Crippen molar-refractivity contribution in [2.24, 2.45) is 10.2 Å². The lowest BCUT2D eigenvalue weighted by molar-refractivity contribution is -0.289. The van der Waals surface area contributed by atoms with E-state index in [9.17, 15) is 14.4 Å². The zero-order chi connectivity index (χ0) is 21.1. The molecular weight excluding hydrogens is 380 g/mol. The molecule has 0 amide bonds. The molecule has 14 heteroatoms. The Labute approximate surface area is 159 Å². The van der Waals surface area contributed by atoms with Crippen LogP contribution in [0.3, 0.4) is 0 Å². The first-order valence-electron chi connectivity index (χ1n) is 8.08. The first-order chi connectivity index (χ1) is 13.3.